The zero-order valence-corrected chi connectivity index (χ0v) is 21.0. The molecule has 1 unspecified atom stereocenters. The van der Waals surface area contributed by atoms with E-state index in [1.54, 1.807) is 0 Å². The van der Waals surface area contributed by atoms with Crippen molar-refractivity contribution in [1.82, 2.24) is 25.3 Å². The van der Waals surface area contributed by atoms with E-state index in [2.05, 4.69) is 58.5 Å². The topological polar surface area (TPSA) is 75.9 Å². The summed E-state index contributed by atoms with van der Waals surface area (Å²) in [5, 5.41) is 18.8. The fourth-order valence-electron chi connectivity index (χ4n) is 4.78. The van der Waals surface area contributed by atoms with Crippen molar-refractivity contribution in [3.63, 3.8) is 0 Å². The van der Waals surface area contributed by atoms with Gasteiger partial charge in [0.15, 0.2) is 5.82 Å². The van der Waals surface area contributed by atoms with E-state index in [1.807, 2.05) is 35.9 Å². The number of rotatable bonds is 5. The van der Waals surface area contributed by atoms with Crippen molar-refractivity contribution in [1.29, 1.82) is 0 Å². The number of fused-ring (bicyclic) bond motifs is 1. The van der Waals surface area contributed by atoms with Crippen LogP contribution in [0.2, 0.25) is 5.02 Å². The van der Waals surface area contributed by atoms with Gasteiger partial charge in [-0.05, 0) is 63.4 Å². The average molecular weight is 489 g/mol. The van der Waals surface area contributed by atoms with Crippen LogP contribution in [-0.4, -0.2) is 39.0 Å². The van der Waals surface area contributed by atoms with Crippen molar-refractivity contribution in [3.05, 3.63) is 76.1 Å². The summed E-state index contributed by atoms with van der Waals surface area (Å²) < 4.78 is 1.96. The van der Waals surface area contributed by atoms with E-state index >= 15 is 0 Å². The Morgan fingerprint density at radius 1 is 1.06 bits per heavy atom. The molecule has 0 spiro atoms. The molecule has 3 heterocycles. The van der Waals surface area contributed by atoms with Gasteiger partial charge in [-0.2, -0.15) is 10.2 Å². The third-order valence-corrected chi connectivity index (χ3v) is 6.99. The molecule has 0 aliphatic carbocycles. The number of nitrogens with zero attached hydrogens (tertiary/aromatic N) is 5. The number of anilines is 1. The molecule has 1 aliphatic heterocycles. The van der Waals surface area contributed by atoms with Crippen LogP contribution in [-0.2, 0) is 11.3 Å². The molecule has 0 bridgehead atoms. The van der Waals surface area contributed by atoms with E-state index in [4.69, 9.17) is 16.7 Å². The summed E-state index contributed by atoms with van der Waals surface area (Å²) in [5.74, 6) is 0.687. The molecule has 1 amide bonds. The largest absolute Gasteiger partial charge is 0.352 e. The summed E-state index contributed by atoms with van der Waals surface area (Å²) in [6, 6.07) is 15.9. The molecule has 7 nitrogen and oxygen atoms in total. The highest BCUT2D eigenvalue weighted by molar-refractivity contribution is 6.30. The smallest absolute Gasteiger partial charge is 0.225 e. The maximum Gasteiger partial charge on any atom is 0.225 e. The molecule has 180 valence electrons. The summed E-state index contributed by atoms with van der Waals surface area (Å²) in [6.45, 7) is 8.01. The van der Waals surface area contributed by atoms with E-state index in [1.165, 1.54) is 5.56 Å². The van der Waals surface area contributed by atoms with Gasteiger partial charge in [-0.15, -0.1) is 5.10 Å². The quantitative estimate of drug-likeness (QED) is 0.431. The second-order valence-electron chi connectivity index (χ2n) is 9.29. The highest BCUT2D eigenvalue weighted by Crippen LogP contribution is 2.31. The summed E-state index contributed by atoms with van der Waals surface area (Å²) >= 11 is 5.96. The van der Waals surface area contributed by atoms with Gasteiger partial charge in [0, 0.05) is 24.7 Å². The van der Waals surface area contributed by atoms with Crippen LogP contribution in [0, 0.1) is 26.7 Å². The molecule has 8 heteroatoms. The minimum absolute atomic E-state index is 0.0577. The molecule has 1 fully saturated rings. The number of piperidine rings is 1. The van der Waals surface area contributed by atoms with Crippen molar-refractivity contribution < 1.29 is 4.79 Å². The van der Waals surface area contributed by atoms with Crippen LogP contribution in [0.3, 0.4) is 0 Å². The molecule has 0 saturated carbocycles. The minimum atomic E-state index is -0.116. The van der Waals surface area contributed by atoms with Crippen molar-refractivity contribution in [2.45, 2.75) is 40.2 Å². The Morgan fingerprint density at radius 3 is 2.54 bits per heavy atom. The van der Waals surface area contributed by atoms with Crippen LogP contribution in [0.25, 0.3) is 16.6 Å². The number of carbonyl (C=O) groups is 1. The van der Waals surface area contributed by atoms with Crippen molar-refractivity contribution in [3.8, 4) is 5.69 Å². The molecule has 1 N–H and O–H groups in total. The molecule has 2 aromatic carbocycles. The minimum Gasteiger partial charge on any atom is -0.352 e. The molecule has 1 saturated heterocycles. The number of aryl methyl sites for hydroxylation is 3. The molecule has 4 aromatic rings. The van der Waals surface area contributed by atoms with Crippen LogP contribution in [0.4, 0.5) is 5.82 Å². The van der Waals surface area contributed by atoms with Gasteiger partial charge in [-0.1, -0.05) is 41.4 Å². The summed E-state index contributed by atoms with van der Waals surface area (Å²) in [7, 11) is 0. The van der Waals surface area contributed by atoms with Crippen LogP contribution < -0.4 is 10.2 Å². The Hall–Kier alpha value is -3.45. The first-order valence-electron chi connectivity index (χ1n) is 12.0. The van der Waals surface area contributed by atoms with Gasteiger partial charge >= 0.3 is 0 Å². The van der Waals surface area contributed by atoms with Crippen LogP contribution in [0.5, 0.6) is 0 Å². The third kappa shape index (κ3) is 4.73. The highest BCUT2D eigenvalue weighted by atomic mass is 35.5. The van der Waals surface area contributed by atoms with Crippen molar-refractivity contribution in [2.24, 2.45) is 5.92 Å². The van der Waals surface area contributed by atoms with Crippen molar-refractivity contribution >= 4 is 34.2 Å². The van der Waals surface area contributed by atoms with E-state index in [-0.39, 0.29) is 11.8 Å². The van der Waals surface area contributed by atoms with E-state index in [0.717, 1.165) is 58.7 Å². The monoisotopic (exact) mass is 488 g/mol. The normalized spacial score (nSPS) is 16.0. The lowest BCUT2D eigenvalue weighted by atomic mass is 9.97. The maximum atomic E-state index is 13.0. The Morgan fingerprint density at radius 2 is 1.80 bits per heavy atom. The van der Waals surface area contributed by atoms with Gasteiger partial charge in [0.2, 0.25) is 5.91 Å². The lowest BCUT2D eigenvalue weighted by Gasteiger charge is -2.32. The predicted octanol–water partition coefficient (Wildman–Crippen LogP) is 4.93. The average Bonchev–Trinajstić information content (AvgIpc) is 3.22. The zero-order valence-electron chi connectivity index (χ0n) is 20.3. The van der Waals surface area contributed by atoms with E-state index in [9.17, 15) is 4.79 Å². The Kier molecular flexibility index (Phi) is 6.43. The Labute approximate surface area is 210 Å². The van der Waals surface area contributed by atoms with Crippen LogP contribution >= 0.6 is 11.6 Å². The van der Waals surface area contributed by atoms with E-state index < -0.39 is 0 Å². The molecule has 5 rings (SSSR count). The fourth-order valence-corrected chi connectivity index (χ4v) is 4.91. The van der Waals surface area contributed by atoms with Gasteiger partial charge in [0.1, 0.15) is 5.52 Å². The standard InChI is InChI=1S/C27H29ClN6O/c1-17-6-12-23(13-7-17)34-19(3)24-18(2)30-31-26(25(24)32-34)33-14-4-5-21(16-33)27(35)29-15-20-8-10-22(28)11-9-20/h6-13,21H,4-5,14-16H2,1-3H3,(H,29,35). The first-order valence-corrected chi connectivity index (χ1v) is 12.4. The molecule has 2 aromatic heterocycles. The van der Waals surface area contributed by atoms with Gasteiger partial charge in [0.05, 0.1) is 28.4 Å². The summed E-state index contributed by atoms with van der Waals surface area (Å²) in [6.07, 6.45) is 1.76. The predicted molar refractivity (Wildman–Crippen MR) is 139 cm³/mol. The maximum absolute atomic E-state index is 13.0. The number of hydrogen-bond donors (Lipinski definition) is 1. The first kappa shape index (κ1) is 23.3. The number of carbonyl (C=O) groups excluding carboxylic acids is 1. The Bertz CT molecular complexity index is 1360. The first-order chi connectivity index (χ1) is 16.9. The summed E-state index contributed by atoms with van der Waals surface area (Å²) in [5.41, 5.74) is 5.96. The van der Waals surface area contributed by atoms with Crippen molar-refractivity contribution in [2.75, 3.05) is 18.0 Å². The second-order valence-corrected chi connectivity index (χ2v) is 9.73. The van der Waals surface area contributed by atoms with Gasteiger partial charge in [0.25, 0.3) is 0 Å². The molecule has 1 atom stereocenters. The van der Waals surface area contributed by atoms with E-state index in [0.29, 0.717) is 18.1 Å². The molecule has 1 aliphatic rings. The molecule has 35 heavy (non-hydrogen) atoms. The number of hydrogen-bond acceptors (Lipinski definition) is 5. The highest BCUT2D eigenvalue weighted by Gasteiger charge is 2.29. The Balaban J connectivity index is 1.39. The fraction of sp³-hybridized carbons (Fsp3) is 0.333. The van der Waals surface area contributed by atoms with Crippen LogP contribution in [0.15, 0.2) is 48.5 Å². The lowest BCUT2D eigenvalue weighted by Crippen LogP contribution is -2.43. The van der Waals surface area contributed by atoms with Gasteiger partial charge in [-0.3, -0.25) is 4.79 Å². The van der Waals surface area contributed by atoms with Crippen LogP contribution in [0.1, 0.15) is 35.4 Å². The number of benzene rings is 2. The third-order valence-electron chi connectivity index (χ3n) is 6.73. The van der Waals surface area contributed by atoms with Gasteiger partial charge < -0.3 is 10.2 Å². The molecule has 0 radical (unpaired) electrons. The second kappa shape index (κ2) is 9.66. The molecular formula is C27H29ClN6O. The number of halogens is 1. The zero-order chi connectivity index (χ0) is 24.5. The lowest BCUT2D eigenvalue weighted by molar-refractivity contribution is -0.125. The molecular weight excluding hydrogens is 460 g/mol. The SMILES string of the molecule is Cc1ccc(-n2nc3c(N4CCCC(C(=O)NCc5ccc(Cl)cc5)C4)nnc(C)c3c2C)cc1. The summed E-state index contributed by atoms with van der Waals surface area (Å²) in [4.78, 5) is 15.1. The number of aromatic nitrogens is 4. The van der Waals surface area contributed by atoms with Gasteiger partial charge in [-0.25, -0.2) is 4.68 Å². The number of amides is 1. The number of nitrogens with one attached hydrogen (secondary N) is 1.